The molecular formula is C14H10F3N3O2. The molecular weight excluding hydrogens is 299 g/mol. The molecule has 0 amide bonds. The number of hydrogen-bond donors (Lipinski definition) is 3. The fraction of sp³-hybridized carbons (Fsp3) is 0.0714. The first-order valence-electron chi connectivity index (χ1n) is 6.16. The van der Waals surface area contributed by atoms with Crippen molar-refractivity contribution in [2.24, 2.45) is 0 Å². The number of aromatic hydroxyl groups is 1. The summed E-state index contributed by atoms with van der Waals surface area (Å²) in [5, 5.41) is 16.7. The number of nitrogen functional groups attached to an aromatic ring is 1. The quantitative estimate of drug-likeness (QED) is 0.677. The molecule has 0 aliphatic carbocycles. The van der Waals surface area contributed by atoms with Gasteiger partial charge in [-0.05, 0) is 35.4 Å². The van der Waals surface area contributed by atoms with Crippen molar-refractivity contribution < 1.29 is 23.0 Å². The molecule has 1 aromatic heterocycles. The maximum atomic E-state index is 12.3. The third kappa shape index (κ3) is 2.62. The molecule has 114 valence electrons. The zero-order chi connectivity index (χ0) is 15.9. The Balaban J connectivity index is 2.06. The van der Waals surface area contributed by atoms with Gasteiger partial charge in [0.1, 0.15) is 0 Å². The summed E-state index contributed by atoms with van der Waals surface area (Å²) in [5.74, 6) is -0.961. The Morgan fingerprint density at radius 3 is 2.50 bits per heavy atom. The average Bonchev–Trinajstić information content (AvgIpc) is 2.81. The van der Waals surface area contributed by atoms with E-state index in [1.165, 1.54) is 6.07 Å². The maximum absolute atomic E-state index is 12.3. The van der Waals surface area contributed by atoms with Crippen LogP contribution in [0.1, 0.15) is 0 Å². The second-order valence-electron chi connectivity index (χ2n) is 4.60. The summed E-state index contributed by atoms with van der Waals surface area (Å²) in [6.07, 6.45) is -4.88. The van der Waals surface area contributed by atoms with Gasteiger partial charge >= 0.3 is 6.36 Å². The Hall–Kier alpha value is -2.90. The number of H-pyrrole nitrogens is 1. The zero-order valence-corrected chi connectivity index (χ0v) is 11.0. The standard InChI is InChI=1S/C14H10F3N3O2/c15-14(16,17)22-12-6-8(2-4-11(12)21)7-1-3-10-9(5-7)13(18)20-19-10/h1-6,21H,(H3,18,19,20). The number of rotatable bonds is 2. The summed E-state index contributed by atoms with van der Waals surface area (Å²) in [6, 6.07) is 8.84. The zero-order valence-electron chi connectivity index (χ0n) is 11.0. The molecule has 0 radical (unpaired) electrons. The molecule has 3 aromatic rings. The minimum absolute atomic E-state index is 0.294. The Morgan fingerprint density at radius 1 is 1.09 bits per heavy atom. The van der Waals surface area contributed by atoms with E-state index < -0.39 is 17.9 Å². The van der Waals surface area contributed by atoms with Crippen molar-refractivity contribution in [2.75, 3.05) is 5.73 Å². The summed E-state index contributed by atoms with van der Waals surface area (Å²) < 4.78 is 40.7. The summed E-state index contributed by atoms with van der Waals surface area (Å²) in [6.45, 7) is 0. The number of benzene rings is 2. The van der Waals surface area contributed by atoms with Gasteiger partial charge < -0.3 is 15.6 Å². The van der Waals surface area contributed by atoms with Gasteiger partial charge in [-0.1, -0.05) is 12.1 Å². The molecule has 0 unspecified atom stereocenters. The molecule has 4 N–H and O–H groups in total. The number of aromatic nitrogens is 2. The number of aromatic amines is 1. The van der Waals surface area contributed by atoms with Crippen LogP contribution >= 0.6 is 0 Å². The number of ether oxygens (including phenoxy) is 1. The van der Waals surface area contributed by atoms with Crippen molar-refractivity contribution >= 4 is 16.7 Å². The molecule has 0 fully saturated rings. The fourth-order valence-corrected chi connectivity index (χ4v) is 2.11. The van der Waals surface area contributed by atoms with E-state index in [4.69, 9.17) is 5.73 Å². The number of nitrogens with one attached hydrogen (secondary N) is 1. The van der Waals surface area contributed by atoms with Crippen LogP contribution in [0.3, 0.4) is 0 Å². The van der Waals surface area contributed by atoms with Crippen LogP contribution < -0.4 is 10.5 Å². The van der Waals surface area contributed by atoms with Crippen LogP contribution in [0.2, 0.25) is 0 Å². The highest BCUT2D eigenvalue weighted by Gasteiger charge is 2.32. The van der Waals surface area contributed by atoms with Gasteiger partial charge in [-0.2, -0.15) is 5.10 Å². The molecule has 5 nitrogen and oxygen atoms in total. The minimum Gasteiger partial charge on any atom is -0.504 e. The molecule has 8 heteroatoms. The topological polar surface area (TPSA) is 84.2 Å². The fourth-order valence-electron chi connectivity index (χ4n) is 2.11. The van der Waals surface area contributed by atoms with Gasteiger partial charge in [0, 0.05) is 5.39 Å². The molecule has 0 saturated carbocycles. The number of phenolic OH excluding ortho intramolecular Hbond substituents is 1. The number of phenols is 1. The summed E-state index contributed by atoms with van der Waals surface area (Å²) >= 11 is 0. The van der Waals surface area contributed by atoms with Crippen molar-refractivity contribution in [1.29, 1.82) is 0 Å². The number of anilines is 1. The number of halogens is 3. The van der Waals surface area contributed by atoms with E-state index in [2.05, 4.69) is 14.9 Å². The van der Waals surface area contributed by atoms with Gasteiger partial charge in [0.05, 0.1) is 5.52 Å². The van der Waals surface area contributed by atoms with Crippen LogP contribution in [0.15, 0.2) is 36.4 Å². The van der Waals surface area contributed by atoms with Gasteiger partial charge in [-0.15, -0.1) is 13.2 Å². The van der Waals surface area contributed by atoms with Crippen molar-refractivity contribution in [3.8, 4) is 22.6 Å². The predicted octanol–water partition coefficient (Wildman–Crippen LogP) is 3.42. The molecule has 0 spiro atoms. The average molecular weight is 309 g/mol. The first-order chi connectivity index (χ1) is 10.3. The predicted molar refractivity (Wildman–Crippen MR) is 74.3 cm³/mol. The third-order valence-electron chi connectivity index (χ3n) is 3.11. The van der Waals surface area contributed by atoms with Gasteiger partial charge in [0.15, 0.2) is 17.3 Å². The van der Waals surface area contributed by atoms with Crippen LogP contribution in [-0.4, -0.2) is 21.7 Å². The molecule has 0 bridgehead atoms. The summed E-state index contributed by atoms with van der Waals surface area (Å²) in [4.78, 5) is 0. The van der Waals surface area contributed by atoms with Crippen molar-refractivity contribution in [3.63, 3.8) is 0 Å². The van der Waals surface area contributed by atoms with Crippen LogP contribution in [0.25, 0.3) is 22.0 Å². The number of nitrogens with zero attached hydrogens (tertiary/aromatic N) is 1. The van der Waals surface area contributed by atoms with Crippen LogP contribution in [0.4, 0.5) is 19.0 Å². The van der Waals surface area contributed by atoms with E-state index in [-0.39, 0.29) is 0 Å². The highest BCUT2D eigenvalue weighted by molar-refractivity contribution is 5.92. The molecule has 3 rings (SSSR count). The molecule has 0 aliphatic rings. The van der Waals surface area contributed by atoms with E-state index >= 15 is 0 Å². The Morgan fingerprint density at radius 2 is 1.77 bits per heavy atom. The third-order valence-corrected chi connectivity index (χ3v) is 3.11. The number of alkyl halides is 3. The number of hydrogen-bond acceptors (Lipinski definition) is 4. The molecule has 1 heterocycles. The van der Waals surface area contributed by atoms with Gasteiger partial charge in [0.2, 0.25) is 0 Å². The van der Waals surface area contributed by atoms with E-state index in [1.54, 1.807) is 18.2 Å². The van der Waals surface area contributed by atoms with E-state index in [0.717, 1.165) is 12.1 Å². The lowest BCUT2D eigenvalue weighted by Crippen LogP contribution is -2.17. The lowest BCUT2D eigenvalue weighted by atomic mass is 10.0. The normalized spacial score (nSPS) is 11.8. The molecule has 2 aromatic carbocycles. The lowest BCUT2D eigenvalue weighted by Gasteiger charge is -2.12. The van der Waals surface area contributed by atoms with Gasteiger partial charge in [-0.3, -0.25) is 5.10 Å². The van der Waals surface area contributed by atoms with Crippen LogP contribution in [0, 0.1) is 0 Å². The number of nitrogens with two attached hydrogens (primary N) is 1. The van der Waals surface area contributed by atoms with Gasteiger partial charge in [-0.25, -0.2) is 0 Å². The van der Waals surface area contributed by atoms with Crippen molar-refractivity contribution in [3.05, 3.63) is 36.4 Å². The second kappa shape index (κ2) is 4.83. The monoisotopic (exact) mass is 309 g/mol. The van der Waals surface area contributed by atoms with Crippen molar-refractivity contribution in [2.45, 2.75) is 6.36 Å². The Labute approximate surface area is 122 Å². The smallest absolute Gasteiger partial charge is 0.504 e. The van der Waals surface area contributed by atoms with E-state index in [0.29, 0.717) is 27.8 Å². The molecule has 22 heavy (non-hydrogen) atoms. The largest absolute Gasteiger partial charge is 0.573 e. The second-order valence-corrected chi connectivity index (χ2v) is 4.60. The first-order valence-corrected chi connectivity index (χ1v) is 6.16. The van der Waals surface area contributed by atoms with Crippen molar-refractivity contribution in [1.82, 2.24) is 10.2 Å². The summed E-state index contributed by atoms with van der Waals surface area (Å²) in [7, 11) is 0. The van der Waals surface area contributed by atoms with Gasteiger partial charge in [0.25, 0.3) is 0 Å². The minimum atomic E-state index is -4.88. The number of fused-ring (bicyclic) bond motifs is 1. The summed E-state index contributed by atoms with van der Waals surface area (Å²) in [5.41, 5.74) is 7.48. The highest BCUT2D eigenvalue weighted by Crippen LogP contribution is 2.36. The van der Waals surface area contributed by atoms with Crippen LogP contribution in [-0.2, 0) is 0 Å². The van der Waals surface area contributed by atoms with Crippen LogP contribution in [0.5, 0.6) is 11.5 Å². The Kier molecular flexibility index (Phi) is 3.09. The maximum Gasteiger partial charge on any atom is 0.573 e. The first kappa shape index (κ1) is 14.1. The SMILES string of the molecule is Nc1n[nH]c2ccc(-c3ccc(O)c(OC(F)(F)F)c3)cc12. The lowest BCUT2D eigenvalue weighted by molar-refractivity contribution is -0.275. The molecule has 0 aliphatic heterocycles. The molecule has 0 saturated heterocycles. The molecule has 0 atom stereocenters. The van der Waals surface area contributed by atoms with E-state index in [9.17, 15) is 18.3 Å². The van der Waals surface area contributed by atoms with E-state index in [1.807, 2.05) is 0 Å². The Bertz CT molecular complexity index is 843. The highest BCUT2D eigenvalue weighted by atomic mass is 19.4.